The number of thioether (sulfide) groups is 1. The van der Waals surface area contributed by atoms with E-state index in [-0.39, 0.29) is 5.91 Å². The van der Waals surface area contributed by atoms with Crippen molar-refractivity contribution in [2.45, 2.75) is 26.3 Å². The summed E-state index contributed by atoms with van der Waals surface area (Å²) in [6.07, 6.45) is 2.55. The van der Waals surface area contributed by atoms with Crippen LogP contribution in [0.15, 0.2) is 30.3 Å². The van der Waals surface area contributed by atoms with Gasteiger partial charge in [0.05, 0.1) is 0 Å². The Bertz CT molecular complexity index is 459. The Morgan fingerprint density at radius 2 is 2.00 bits per heavy atom. The number of rotatable bonds is 8. The first kappa shape index (κ1) is 21.2. The summed E-state index contributed by atoms with van der Waals surface area (Å²) in [5, 5.41) is 10.1. The predicted molar refractivity (Wildman–Crippen MR) is 91.9 cm³/mol. The molecule has 1 amide bonds. The molecule has 0 bridgehead atoms. The van der Waals surface area contributed by atoms with Crippen molar-refractivity contribution in [3.8, 4) is 5.75 Å². The number of amides is 1. The van der Waals surface area contributed by atoms with Gasteiger partial charge in [-0.2, -0.15) is 17.2 Å². The minimum absolute atomic E-state index is 0.214. The van der Waals surface area contributed by atoms with Gasteiger partial charge >= 0.3 is 5.97 Å². The number of carbonyl (C=O) groups is 2. The summed E-state index contributed by atoms with van der Waals surface area (Å²) in [4.78, 5) is 25.9. The third-order valence-corrected chi connectivity index (χ3v) is 3.35. The highest BCUT2D eigenvalue weighted by molar-refractivity contribution is 7.98. The number of benzene rings is 1. The number of hydrogen-bond donors (Lipinski definition) is 3. The molecule has 0 radical (unpaired) electrons. The van der Waals surface area contributed by atoms with Gasteiger partial charge in [0.25, 0.3) is 0 Å². The van der Waals surface area contributed by atoms with Crippen LogP contribution < -0.4 is 16.2 Å². The average molecular weight is 343 g/mol. The molecular weight excluding hydrogens is 318 g/mol. The highest BCUT2D eigenvalue weighted by atomic mass is 32.2. The van der Waals surface area contributed by atoms with Crippen LogP contribution in [-0.2, 0) is 9.59 Å². The number of para-hydroxylation sites is 1. The normalized spacial score (nSPS) is 11.2. The Balaban J connectivity index is 0.000000422. The number of hydrazine groups is 1. The Morgan fingerprint density at radius 1 is 1.39 bits per heavy atom. The second kappa shape index (κ2) is 12.7. The molecular formula is C15H25N3O4S. The number of carboxylic acids is 1. The molecule has 1 unspecified atom stereocenters. The van der Waals surface area contributed by atoms with E-state index in [1.807, 2.05) is 31.4 Å². The average Bonchev–Trinajstić information content (AvgIpc) is 2.54. The van der Waals surface area contributed by atoms with E-state index in [4.69, 9.17) is 15.8 Å². The number of nitrogens with zero attached hydrogens (tertiary/aromatic N) is 1. The summed E-state index contributed by atoms with van der Waals surface area (Å²) < 4.78 is 0. The number of nitrogens with one attached hydrogen (secondary N) is 1. The molecule has 8 heteroatoms. The number of carbonyl (C=O) groups excluding carboxylic acids is 1. The number of carboxylic acid groups (broad SMARTS) is 1. The van der Waals surface area contributed by atoms with Crippen molar-refractivity contribution in [2.75, 3.05) is 18.6 Å². The molecule has 0 aliphatic rings. The summed E-state index contributed by atoms with van der Waals surface area (Å²) in [5.74, 6) is 5.90. The van der Waals surface area contributed by atoms with Crippen molar-refractivity contribution in [1.82, 2.24) is 10.5 Å². The molecule has 1 aromatic rings. The van der Waals surface area contributed by atoms with Crippen molar-refractivity contribution in [1.29, 1.82) is 0 Å². The lowest BCUT2D eigenvalue weighted by Crippen LogP contribution is -2.46. The number of likely N-dealkylation sites (N-methyl/N-ethyl adjacent to an activating group) is 1. The Hall–Kier alpha value is -1.77. The fraction of sp³-hybridized carbons (Fsp3) is 0.467. The van der Waals surface area contributed by atoms with E-state index in [1.54, 1.807) is 23.9 Å². The lowest BCUT2D eigenvalue weighted by atomic mass is 10.2. The van der Waals surface area contributed by atoms with Crippen LogP contribution in [0.25, 0.3) is 0 Å². The van der Waals surface area contributed by atoms with Gasteiger partial charge < -0.3 is 9.94 Å². The molecule has 130 valence electrons. The maximum absolute atomic E-state index is 10.7. The molecule has 0 aliphatic carbocycles. The van der Waals surface area contributed by atoms with Crippen LogP contribution >= 0.6 is 11.8 Å². The van der Waals surface area contributed by atoms with Crippen LogP contribution in [0.3, 0.4) is 0 Å². The first-order valence-electron chi connectivity index (χ1n) is 7.13. The largest absolute Gasteiger partial charge is 0.480 e. The van der Waals surface area contributed by atoms with E-state index in [1.165, 1.54) is 11.9 Å². The van der Waals surface area contributed by atoms with Crippen LogP contribution in [-0.4, -0.2) is 46.6 Å². The fourth-order valence-corrected chi connectivity index (χ4v) is 1.96. The maximum Gasteiger partial charge on any atom is 0.322 e. The first-order valence-corrected chi connectivity index (χ1v) is 8.53. The molecule has 1 atom stereocenters. The fourth-order valence-electron chi connectivity index (χ4n) is 1.50. The van der Waals surface area contributed by atoms with Crippen LogP contribution in [0, 0.1) is 0 Å². The Morgan fingerprint density at radius 3 is 2.43 bits per heavy atom. The van der Waals surface area contributed by atoms with Crippen molar-refractivity contribution in [3.05, 3.63) is 30.3 Å². The molecule has 0 saturated carbocycles. The highest BCUT2D eigenvalue weighted by Gasteiger charge is 2.20. The zero-order chi connectivity index (χ0) is 17.7. The third kappa shape index (κ3) is 10.6. The van der Waals surface area contributed by atoms with E-state index >= 15 is 0 Å². The zero-order valence-corrected chi connectivity index (χ0v) is 14.5. The predicted octanol–water partition coefficient (Wildman–Crippen LogP) is 1.50. The van der Waals surface area contributed by atoms with E-state index in [0.717, 1.165) is 5.75 Å². The minimum Gasteiger partial charge on any atom is -0.480 e. The smallest absolute Gasteiger partial charge is 0.322 e. The molecule has 0 fully saturated rings. The van der Waals surface area contributed by atoms with Gasteiger partial charge in [0.15, 0.2) is 5.75 Å². The van der Waals surface area contributed by atoms with Gasteiger partial charge in [-0.05, 0) is 30.6 Å². The summed E-state index contributed by atoms with van der Waals surface area (Å²) in [6.45, 7) is 3.79. The summed E-state index contributed by atoms with van der Waals surface area (Å²) in [5.41, 5.74) is 2.22. The summed E-state index contributed by atoms with van der Waals surface area (Å²) in [7, 11) is 0. The Kier molecular flexibility index (Phi) is 11.8. The lowest BCUT2D eigenvalue weighted by Gasteiger charge is -2.21. The van der Waals surface area contributed by atoms with Gasteiger partial charge in [0, 0.05) is 13.5 Å². The molecule has 0 aromatic heterocycles. The van der Waals surface area contributed by atoms with Crippen molar-refractivity contribution in [3.63, 3.8) is 0 Å². The van der Waals surface area contributed by atoms with Crippen molar-refractivity contribution in [2.24, 2.45) is 5.84 Å². The van der Waals surface area contributed by atoms with E-state index in [2.05, 4.69) is 5.48 Å². The number of nitrogens with two attached hydrogens (primary N) is 1. The Labute approximate surface area is 141 Å². The third-order valence-electron chi connectivity index (χ3n) is 2.70. The minimum atomic E-state index is -0.839. The first-order chi connectivity index (χ1) is 10.9. The van der Waals surface area contributed by atoms with E-state index < -0.39 is 12.0 Å². The van der Waals surface area contributed by atoms with Gasteiger partial charge in [0.2, 0.25) is 5.91 Å². The molecule has 0 spiro atoms. The van der Waals surface area contributed by atoms with E-state index in [9.17, 15) is 9.59 Å². The van der Waals surface area contributed by atoms with Gasteiger partial charge in [-0.1, -0.05) is 25.1 Å². The summed E-state index contributed by atoms with van der Waals surface area (Å²) >= 11 is 1.63. The standard InChI is InChI=1S/C8H9NO2.C7H16N2O2S/c1-7(10)9-11-8-5-3-2-4-6-8;1-3-9(8)6(7(10)11)4-5-12-2/h2-6H,1H3,(H,9,10);6H,3-5,8H2,1-2H3,(H,10,11). The molecule has 1 rings (SSSR count). The maximum atomic E-state index is 10.7. The van der Waals surface area contributed by atoms with Crippen LogP contribution in [0.1, 0.15) is 20.3 Å². The summed E-state index contributed by atoms with van der Waals surface area (Å²) in [6, 6.07) is 8.52. The number of hydroxylamine groups is 1. The van der Waals surface area contributed by atoms with Gasteiger partial charge in [-0.25, -0.2) is 5.01 Å². The lowest BCUT2D eigenvalue weighted by molar-refractivity contribution is -0.143. The molecule has 4 N–H and O–H groups in total. The molecule has 23 heavy (non-hydrogen) atoms. The van der Waals surface area contributed by atoms with Crippen LogP contribution in [0.2, 0.25) is 0 Å². The molecule has 0 aliphatic heterocycles. The highest BCUT2D eigenvalue weighted by Crippen LogP contribution is 2.06. The molecule has 0 heterocycles. The topological polar surface area (TPSA) is 105 Å². The van der Waals surface area contributed by atoms with Gasteiger partial charge in [-0.3, -0.25) is 15.4 Å². The SMILES string of the molecule is CC(=O)NOc1ccccc1.CCN(N)C(CCSC)C(=O)O. The second-order valence-electron chi connectivity index (χ2n) is 4.54. The van der Waals surface area contributed by atoms with E-state index in [0.29, 0.717) is 18.7 Å². The van der Waals surface area contributed by atoms with Gasteiger partial charge in [-0.15, -0.1) is 0 Å². The monoisotopic (exact) mass is 343 g/mol. The van der Waals surface area contributed by atoms with Crippen molar-refractivity contribution >= 4 is 23.6 Å². The second-order valence-corrected chi connectivity index (χ2v) is 5.52. The number of aliphatic carboxylic acids is 1. The quantitative estimate of drug-likeness (QED) is 0.485. The molecule has 0 saturated heterocycles. The number of hydrogen-bond acceptors (Lipinski definition) is 6. The molecule has 7 nitrogen and oxygen atoms in total. The van der Waals surface area contributed by atoms with Crippen molar-refractivity contribution < 1.29 is 19.5 Å². The zero-order valence-electron chi connectivity index (χ0n) is 13.7. The molecule has 1 aromatic carbocycles. The van der Waals surface area contributed by atoms with Crippen LogP contribution in [0.5, 0.6) is 5.75 Å². The van der Waals surface area contributed by atoms with Crippen LogP contribution in [0.4, 0.5) is 0 Å². The van der Waals surface area contributed by atoms with Gasteiger partial charge in [0.1, 0.15) is 6.04 Å².